The Hall–Kier alpha value is -0.600. The van der Waals surface area contributed by atoms with Crippen molar-refractivity contribution in [3.8, 4) is 0 Å². The summed E-state index contributed by atoms with van der Waals surface area (Å²) >= 11 is 5.96. The van der Waals surface area contributed by atoms with Crippen LogP contribution in [0.2, 0.25) is 5.02 Å². The van der Waals surface area contributed by atoms with Crippen molar-refractivity contribution >= 4 is 11.6 Å². The van der Waals surface area contributed by atoms with Gasteiger partial charge >= 0.3 is 0 Å². The van der Waals surface area contributed by atoms with E-state index in [1.54, 1.807) is 12.4 Å². The van der Waals surface area contributed by atoms with E-state index in [2.05, 4.69) is 11.9 Å². The number of hydrogen-bond donors (Lipinski definition) is 1. The van der Waals surface area contributed by atoms with Gasteiger partial charge in [0.05, 0.1) is 11.1 Å². The highest BCUT2D eigenvalue weighted by Crippen LogP contribution is 2.17. The molecule has 0 spiro atoms. The number of halogens is 1. The third-order valence-corrected chi connectivity index (χ3v) is 2.79. The Bertz CT molecular complexity index is 291. The molecule has 0 radical (unpaired) electrons. The van der Waals surface area contributed by atoms with E-state index in [0.717, 1.165) is 18.4 Å². The average molecular weight is 228 g/mol. The first-order valence-electron chi connectivity index (χ1n) is 5.50. The van der Waals surface area contributed by atoms with Crippen LogP contribution in [0.4, 0.5) is 0 Å². The Morgan fingerprint density at radius 2 is 2.27 bits per heavy atom. The fourth-order valence-electron chi connectivity index (χ4n) is 1.56. The molecule has 0 fully saturated rings. The summed E-state index contributed by atoms with van der Waals surface area (Å²) in [4.78, 5) is 3.91. The first kappa shape index (κ1) is 12.5. The minimum absolute atomic E-state index is 0.281. The van der Waals surface area contributed by atoms with E-state index >= 15 is 0 Å². The molecule has 1 rings (SSSR count). The van der Waals surface area contributed by atoms with Crippen LogP contribution in [0.5, 0.6) is 0 Å². The topological polar surface area (TPSA) is 33.1 Å². The summed E-state index contributed by atoms with van der Waals surface area (Å²) < 4.78 is 0. The van der Waals surface area contributed by atoms with Gasteiger partial charge in [0.2, 0.25) is 0 Å². The van der Waals surface area contributed by atoms with Crippen LogP contribution in [0.1, 0.15) is 38.2 Å². The van der Waals surface area contributed by atoms with Crippen LogP contribution >= 0.6 is 11.6 Å². The third-order valence-electron chi connectivity index (χ3n) is 2.45. The van der Waals surface area contributed by atoms with Crippen LogP contribution in [0.3, 0.4) is 0 Å². The molecule has 1 unspecified atom stereocenters. The molecule has 0 amide bonds. The number of nitrogens with zero attached hydrogens (tertiary/aromatic N) is 1. The van der Waals surface area contributed by atoms with Crippen molar-refractivity contribution in [2.45, 2.75) is 45.1 Å². The summed E-state index contributed by atoms with van der Waals surface area (Å²) in [7, 11) is 0. The number of rotatable bonds is 6. The first-order chi connectivity index (χ1) is 7.24. The van der Waals surface area contributed by atoms with Crippen molar-refractivity contribution in [1.29, 1.82) is 0 Å². The second-order valence-electron chi connectivity index (χ2n) is 3.82. The fourth-order valence-corrected chi connectivity index (χ4v) is 1.75. The molecule has 0 aliphatic heterocycles. The van der Waals surface area contributed by atoms with E-state index < -0.39 is 0 Å². The number of pyridine rings is 1. The molecule has 0 bridgehead atoms. The van der Waals surface area contributed by atoms with E-state index in [1.165, 1.54) is 12.8 Å². The quantitative estimate of drug-likeness (QED) is 0.757. The lowest BCUT2D eigenvalue weighted by molar-refractivity contribution is 0.161. The molecule has 0 aromatic carbocycles. The lowest BCUT2D eigenvalue weighted by Crippen LogP contribution is -2.10. The Morgan fingerprint density at radius 1 is 1.47 bits per heavy atom. The maximum atomic E-state index is 9.77. The highest BCUT2D eigenvalue weighted by Gasteiger charge is 2.07. The Labute approximate surface area is 96.3 Å². The molecule has 1 N–H and O–H groups in total. The van der Waals surface area contributed by atoms with Gasteiger partial charge in [-0.1, -0.05) is 37.8 Å². The van der Waals surface area contributed by atoms with Crippen LogP contribution in [0, 0.1) is 0 Å². The van der Waals surface area contributed by atoms with E-state index in [9.17, 15) is 5.11 Å². The molecule has 3 heteroatoms. The number of aliphatic hydroxyl groups excluding tert-OH is 1. The number of aliphatic hydroxyl groups is 1. The van der Waals surface area contributed by atoms with E-state index in [-0.39, 0.29) is 6.10 Å². The molecule has 1 aromatic heterocycles. The van der Waals surface area contributed by atoms with Crippen molar-refractivity contribution in [1.82, 2.24) is 4.98 Å². The van der Waals surface area contributed by atoms with Crippen molar-refractivity contribution in [2.24, 2.45) is 0 Å². The van der Waals surface area contributed by atoms with E-state index in [1.807, 2.05) is 6.07 Å². The molecule has 0 saturated carbocycles. The van der Waals surface area contributed by atoms with Crippen molar-refractivity contribution < 1.29 is 5.11 Å². The number of unbranched alkanes of at least 4 members (excludes halogenated alkanes) is 2. The highest BCUT2D eigenvalue weighted by atomic mass is 35.5. The maximum Gasteiger partial charge on any atom is 0.0622 e. The van der Waals surface area contributed by atoms with Gasteiger partial charge in [0.1, 0.15) is 0 Å². The van der Waals surface area contributed by atoms with Crippen LogP contribution in [0.15, 0.2) is 18.5 Å². The Morgan fingerprint density at radius 3 is 2.93 bits per heavy atom. The van der Waals surface area contributed by atoms with Crippen LogP contribution in [-0.4, -0.2) is 16.2 Å². The fraction of sp³-hybridized carbons (Fsp3) is 0.583. The van der Waals surface area contributed by atoms with Crippen molar-refractivity contribution in [3.63, 3.8) is 0 Å². The highest BCUT2D eigenvalue weighted by molar-refractivity contribution is 6.31. The molecular weight excluding hydrogens is 210 g/mol. The van der Waals surface area contributed by atoms with E-state index in [4.69, 9.17) is 11.6 Å². The lowest BCUT2D eigenvalue weighted by Gasteiger charge is -2.10. The van der Waals surface area contributed by atoms with Gasteiger partial charge in [-0.2, -0.15) is 0 Å². The van der Waals surface area contributed by atoms with Crippen molar-refractivity contribution in [3.05, 3.63) is 29.0 Å². The summed E-state index contributed by atoms with van der Waals surface area (Å²) in [6.07, 6.45) is 7.98. The Kier molecular flexibility index (Phi) is 5.66. The summed E-state index contributed by atoms with van der Waals surface area (Å²) in [5.41, 5.74) is 0.982. The van der Waals surface area contributed by atoms with Crippen LogP contribution < -0.4 is 0 Å². The minimum Gasteiger partial charge on any atom is -0.393 e. The van der Waals surface area contributed by atoms with Gasteiger partial charge in [-0.15, -0.1) is 0 Å². The van der Waals surface area contributed by atoms with Gasteiger partial charge in [0.25, 0.3) is 0 Å². The summed E-state index contributed by atoms with van der Waals surface area (Å²) in [5.74, 6) is 0. The number of aromatic nitrogens is 1. The molecule has 1 heterocycles. The van der Waals surface area contributed by atoms with Gasteiger partial charge in [0, 0.05) is 12.4 Å². The normalized spacial score (nSPS) is 12.7. The second kappa shape index (κ2) is 6.81. The summed E-state index contributed by atoms with van der Waals surface area (Å²) in [5, 5.41) is 10.4. The summed E-state index contributed by atoms with van der Waals surface area (Å²) in [6, 6.07) is 1.87. The van der Waals surface area contributed by atoms with Crippen molar-refractivity contribution in [2.75, 3.05) is 0 Å². The molecule has 0 aliphatic carbocycles. The van der Waals surface area contributed by atoms with Crippen LogP contribution in [0.25, 0.3) is 0 Å². The monoisotopic (exact) mass is 227 g/mol. The van der Waals surface area contributed by atoms with Gasteiger partial charge in [-0.05, 0) is 24.5 Å². The third kappa shape index (κ3) is 4.63. The molecular formula is C12H18ClNO. The SMILES string of the molecule is CCCCCC(O)Cc1ccncc1Cl. The van der Waals surface area contributed by atoms with Crippen LogP contribution in [-0.2, 0) is 6.42 Å². The zero-order valence-corrected chi connectivity index (χ0v) is 9.87. The Balaban J connectivity index is 2.37. The maximum absolute atomic E-state index is 9.77. The standard InChI is InChI=1S/C12H18ClNO/c1-2-3-4-5-11(15)8-10-6-7-14-9-12(10)13/h6-7,9,11,15H,2-5,8H2,1H3. The molecule has 1 aromatic rings. The zero-order valence-electron chi connectivity index (χ0n) is 9.12. The molecule has 84 valence electrons. The predicted molar refractivity (Wildman–Crippen MR) is 63.1 cm³/mol. The van der Waals surface area contributed by atoms with Gasteiger partial charge in [-0.25, -0.2) is 0 Å². The molecule has 15 heavy (non-hydrogen) atoms. The second-order valence-corrected chi connectivity index (χ2v) is 4.23. The first-order valence-corrected chi connectivity index (χ1v) is 5.88. The smallest absolute Gasteiger partial charge is 0.0622 e. The number of hydrogen-bond acceptors (Lipinski definition) is 2. The predicted octanol–water partition coefficient (Wildman–Crippen LogP) is 3.22. The molecule has 1 atom stereocenters. The zero-order chi connectivity index (χ0) is 11.1. The minimum atomic E-state index is -0.281. The largest absolute Gasteiger partial charge is 0.393 e. The lowest BCUT2D eigenvalue weighted by atomic mass is 10.0. The van der Waals surface area contributed by atoms with E-state index in [0.29, 0.717) is 11.4 Å². The molecule has 0 saturated heterocycles. The van der Waals surface area contributed by atoms with Gasteiger partial charge in [-0.3, -0.25) is 4.98 Å². The van der Waals surface area contributed by atoms with Gasteiger partial charge < -0.3 is 5.11 Å². The summed E-state index contributed by atoms with van der Waals surface area (Å²) in [6.45, 7) is 2.16. The average Bonchev–Trinajstić information content (AvgIpc) is 2.22. The molecule has 2 nitrogen and oxygen atoms in total. The van der Waals surface area contributed by atoms with Gasteiger partial charge in [0.15, 0.2) is 0 Å². The molecule has 0 aliphatic rings.